The SMILES string of the molecule is CCCN(CC(=O)OC)C(=O)CC1CCSCC1. The highest BCUT2D eigenvalue weighted by Crippen LogP contribution is 2.25. The average molecular weight is 273 g/mol. The van der Waals surface area contributed by atoms with E-state index in [0.29, 0.717) is 18.9 Å². The third-order valence-corrected chi connectivity index (χ3v) is 4.25. The number of hydrogen-bond acceptors (Lipinski definition) is 4. The number of amides is 1. The number of carbonyl (C=O) groups is 2. The molecule has 1 aliphatic rings. The molecule has 1 amide bonds. The van der Waals surface area contributed by atoms with E-state index in [4.69, 9.17) is 0 Å². The highest BCUT2D eigenvalue weighted by Gasteiger charge is 2.22. The number of carbonyl (C=O) groups excluding carboxylic acids is 2. The quantitative estimate of drug-likeness (QED) is 0.694. The first-order valence-electron chi connectivity index (χ1n) is 6.59. The Morgan fingerprint density at radius 2 is 2.00 bits per heavy atom. The van der Waals surface area contributed by atoms with E-state index >= 15 is 0 Å². The zero-order valence-electron chi connectivity index (χ0n) is 11.3. The molecular weight excluding hydrogens is 250 g/mol. The summed E-state index contributed by atoms with van der Waals surface area (Å²) in [6, 6.07) is 0. The first-order chi connectivity index (χ1) is 8.67. The molecule has 18 heavy (non-hydrogen) atoms. The minimum atomic E-state index is -0.337. The Morgan fingerprint density at radius 1 is 1.33 bits per heavy atom. The third kappa shape index (κ3) is 5.29. The standard InChI is InChI=1S/C13H23NO3S/c1-3-6-14(10-13(16)17-2)12(15)9-11-4-7-18-8-5-11/h11H,3-10H2,1-2H3. The lowest BCUT2D eigenvalue weighted by molar-refractivity contribution is -0.147. The van der Waals surface area contributed by atoms with Crippen LogP contribution in [0.1, 0.15) is 32.6 Å². The first-order valence-corrected chi connectivity index (χ1v) is 7.75. The van der Waals surface area contributed by atoms with E-state index in [0.717, 1.165) is 30.8 Å². The van der Waals surface area contributed by atoms with Gasteiger partial charge in [-0.25, -0.2) is 0 Å². The van der Waals surface area contributed by atoms with E-state index in [1.807, 2.05) is 18.7 Å². The highest BCUT2D eigenvalue weighted by atomic mass is 32.2. The summed E-state index contributed by atoms with van der Waals surface area (Å²) in [4.78, 5) is 25.1. The lowest BCUT2D eigenvalue weighted by Gasteiger charge is -2.25. The molecule has 0 aromatic carbocycles. The van der Waals surface area contributed by atoms with Crippen molar-refractivity contribution in [2.45, 2.75) is 32.6 Å². The fraction of sp³-hybridized carbons (Fsp3) is 0.846. The number of nitrogens with zero attached hydrogens (tertiary/aromatic N) is 1. The van der Waals surface area contributed by atoms with Crippen molar-refractivity contribution in [2.24, 2.45) is 5.92 Å². The molecule has 0 radical (unpaired) electrons. The van der Waals surface area contributed by atoms with Crippen molar-refractivity contribution in [3.8, 4) is 0 Å². The van der Waals surface area contributed by atoms with Gasteiger partial charge < -0.3 is 9.64 Å². The molecular formula is C13H23NO3S. The van der Waals surface area contributed by atoms with Gasteiger partial charge in [-0.1, -0.05) is 6.92 Å². The Balaban J connectivity index is 2.44. The van der Waals surface area contributed by atoms with Crippen molar-refractivity contribution in [3.05, 3.63) is 0 Å². The van der Waals surface area contributed by atoms with Gasteiger partial charge in [-0.15, -0.1) is 0 Å². The van der Waals surface area contributed by atoms with Crippen LogP contribution in [0.15, 0.2) is 0 Å². The zero-order chi connectivity index (χ0) is 13.4. The Hall–Kier alpha value is -0.710. The molecule has 1 heterocycles. The van der Waals surface area contributed by atoms with Gasteiger partial charge in [0.25, 0.3) is 0 Å². The fourth-order valence-corrected chi connectivity index (χ4v) is 3.31. The largest absolute Gasteiger partial charge is 0.468 e. The van der Waals surface area contributed by atoms with Gasteiger partial charge >= 0.3 is 5.97 Å². The van der Waals surface area contributed by atoms with Gasteiger partial charge in [-0.2, -0.15) is 11.8 Å². The van der Waals surface area contributed by atoms with Crippen molar-refractivity contribution >= 4 is 23.6 Å². The van der Waals surface area contributed by atoms with Crippen LogP contribution in [0.4, 0.5) is 0 Å². The van der Waals surface area contributed by atoms with E-state index in [2.05, 4.69) is 4.74 Å². The van der Waals surface area contributed by atoms with Crippen LogP contribution >= 0.6 is 11.8 Å². The van der Waals surface area contributed by atoms with Crippen molar-refractivity contribution in [1.82, 2.24) is 4.90 Å². The molecule has 0 spiro atoms. The smallest absolute Gasteiger partial charge is 0.325 e. The second kappa shape index (κ2) is 8.40. The summed E-state index contributed by atoms with van der Waals surface area (Å²) in [6.45, 7) is 2.73. The molecule has 0 N–H and O–H groups in total. The molecule has 0 aliphatic carbocycles. The third-order valence-electron chi connectivity index (χ3n) is 3.20. The Kier molecular flexibility index (Phi) is 7.16. The molecule has 1 fully saturated rings. The van der Waals surface area contributed by atoms with Crippen molar-refractivity contribution in [1.29, 1.82) is 0 Å². The van der Waals surface area contributed by atoms with Crippen molar-refractivity contribution in [3.63, 3.8) is 0 Å². The molecule has 0 bridgehead atoms. The van der Waals surface area contributed by atoms with Gasteiger partial charge in [-0.3, -0.25) is 9.59 Å². The minimum absolute atomic E-state index is 0.0879. The van der Waals surface area contributed by atoms with Crippen molar-refractivity contribution in [2.75, 3.05) is 31.7 Å². The Labute approximate surface area is 113 Å². The topological polar surface area (TPSA) is 46.6 Å². The maximum atomic E-state index is 12.2. The van der Waals surface area contributed by atoms with Gasteiger partial charge in [0, 0.05) is 13.0 Å². The first kappa shape index (κ1) is 15.3. The molecule has 0 aromatic rings. The second-order valence-electron chi connectivity index (χ2n) is 4.65. The molecule has 5 heteroatoms. The number of esters is 1. The lowest BCUT2D eigenvalue weighted by Crippen LogP contribution is -2.38. The molecule has 0 saturated carbocycles. The van der Waals surface area contributed by atoms with Crippen LogP contribution in [0.5, 0.6) is 0 Å². The van der Waals surface area contributed by atoms with Gasteiger partial charge in [0.2, 0.25) is 5.91 Å². The number of thioether (sulfide) groups is 1. The van der Waals surface area contributed by atoms with Crippen molar-refractivity contribution < 1.29 is 14.3 Å². The minimum Gasteiger partial charge on any atom is -0.468 e. The van der Waals surface area contributed by atoms with E-state index in [1.54, 1.807) is 4.90 Å². The Morgan fingerprint density at radius 3 is 2.56 bits per heavy atom. The number of rotatable bonds is 6. The molecule has 1 aliphatic heterocycles. The highest BCUT2D eigenvalue weighted by molar-refractivity contribution is 7.99. The monoisotopic (exact) mass is 273 g/mol. The van der Waals surface area contributed by atoms with Crippen LogP contribution in [-0.4, -0.2) is 48.5 Å². The van der Waals surface area contributed by atoms with Gasteiger partial charge in [0.05, 0.1) is 7.11 Å². The number of hydrogen-bond donors (Lipinski definition) is 0. The number of methoxy groups -OCH3 is 1. The molecule has 0 unspecified atom stereocenters. The molecule has 4 nitrogen and oxygen atoms in total. The predicted octanol–water partition coefficient (Wildman–Crippen LogP) is 1.93. The summed E-state index contributed by atoms with van der Waals surface area (Å²) in [6.07, 6.45) is 3.68. The van der Waals surface area contributed by atoms with Crippen LogP contribution < -0.4 is 0 Å². The van der Waals surface area contributed by atoms with Crippen LogP contribution in [0, 0.1) is 5.92 Å². The van der Waals surface area contributed by atoms with E-state index < -0.39 is 0 Å². The second-order valence-corrected chi connectivity index (χ2v) is 5.88. The molecule has 0 aromatic heterocycles. The summed E-state index contributed by atoms with van der Waals surface area (Å²) >= 11 is 1.96. The van der Waals surface area contributed by atoms with Gasteiger partial charge in [-0.05, 0) is 36.7 Å². The Bertz CT molecular complexity index is 277. The van der Waals surface area contributed by atoms with E-state index in [9.17, 15) is 9.59 Å². The maximum Gasteiger partial charge on any atom is 0.325 e. The van der Waals surface area contributed by atoms with E-state index in [1.165, 1.54) is 7.11 Å². The van der Waals surface area contributed by atoms with E-state index in [-0.39, 0.29) is 18.4 Å². The van der Waals surface area contributed by atoms with Crippen LogP contribution in [0.25, 0.3) is 0 Å². The van der Waals surface area contributed by atoms with Crippen LogP contribution in [0.2, 0.25) is 0 Å². The average Bonchev–Trinajstić information content (AvgIpc) is 2.39. The summed E-state index contributed by atoms with van der Waals surface area (Å²) in [7, 11) is 1.36. The predicted molar refractivity (Wildman–Crippen MR) is 73.6 cm³/mol. The fourth-order valence-electron chi connectivity index (χ4n) is 2.11. The molecule has 104 valence electrons. The van der Waals surface area contributed by atoms with Gasteiger partial charge in [0.1, 0.15) is 6.54 Å². The molecule has 1 rings (SSSR count). The molecule has 1 saturated heterocycles. The van der Waals surface area contributed by atoms with Gasteiger partial charge in [0.15, 0.2) is 0 Å². The normalized spacial score (nSPS) is 16.3. The van der Waals surface area contributed by atoms with Crippen LogP contribution in [0.3, 0.4) is 0 Å². The summed E-state index contributed by atoms with van der Waals surface area (Å²) in [5, 5.41) is 0. The summed E-state index contributed by atoms with van der Waals surface area (Å²) in [5.41, 5.74) is 0. The molecule has 0 atom stereocenters. The maximum absolute atomic E-state index is 12.2. The summed E-state index contributed by atoms with van der Waals surface area (Å²) in [5.74, 6) is 2.57. The zero-order valence-corrected chi connectivity index (χ0v) is 12.1. The lowest BCUT2D eigenvalue weighted by atomic mass is 9.98. The summed E-state index contributed by atoms with van der Waals surface area (Å²) < 4.78 is 4.63. The van der Waals surface area contributed by atoms with Crippen LogP contribution in [-0.2, 0) is 14.3 Å². The number of ether oxygens (including phenoxy) is 1.